The molecule has 0 bridgehead atoms. The Morgan fingerprint density at radius 2 is 2.16 bits per heavy atom. The average molecular weight is 443 g/mol. The van der Waals surface area contributed by atoms with Crippen LogP contribution in [0.2, 0.25) is 0 Å². The zero-order chi connectivity index (χ0) is 22.7. The molecule has 1 aromatic carbocycles. The van der Waals surface area contributed by atoms with Crippen molar-refractivity contribution in [3.8, 4) is 5.75 Å². The average Bonchev–Trinajstić information content (AvgIpc) is 3.27. The zero-order valence-corrected chi connectivity index (χ0v) is 18.3. The van der Waals surface area contributed by atoms with Crippen molar-refractivity contribution in [3.63, 3.8) is 0 Å². The van der Waals surface area contributed by atoms with E-state index in [2.05, 4.69) is 21.1 Å². The largest absolute Gasteiger partial charge is 0.496 e. The van der Waals surface area contributed by atoms with E-state index >= 15 is 0 Å². The summed E-state index contributed by atoms with van der Waals surface area (Å²) in [5, 5.41) is 3.83. The smallest absolute Gasteiger partial charge is 0.280 e. The third kappa shape index (κ3) is 4.71. The van der Waals surface area contributed by atoms with Crippen LogP contribution in [0.15, 0.2) is 30.6 Å². The van der Waals surface area contributed by atoms with Crippen LogP contribution in [0.3, 0.4) is 0 Å². The number of carbonyl (C=O) groups excluding carboxylic acids is 1. The normalized spacial score (nSPS) is 16.7. The molecule has 32 heavy (non-hydrogen) atoms. The lowest BCUT2D eigenvalue weighted by atomic mass is 9.93. The molecule has 1 saturated heterocycles. The first-order valence-electron chi connectivity index (χ1n) is 10.9. The Bertz CT molecular complexity index is 1100. The number of alkyl halides is 2. The summed E-state index contributed by atoms with van der Waals surface area (Å²) in [6.45, 7) is 3.18. The molecule has 0 saturated carbocycles. The lowest BCUT2D eigenvalue weighted by Crippen LogP contribution is -2.39. The van der Waals surface area contributed by atoms with Gasteiger partial charge in [0.25, 0.3) is 12.2 Å². The van der Waals surface area contributed by atoms with Gasteiger partial charge in [0, 0.05) is 25.4 Å². The van der Waals surface area contributed by atoms with Gasteiger partial charge in [0.1, 0.15) is 17.8 Å². The van der Waals surface area contributed by atoms with Crippen molar-refractivity contribution < 1.29 is 18.3 Å². The van der Waals surface area contributed by atoms with Crippen LogP contribution in [0.4, 0.5) is 8.78 Å². The number of piperidine rings is 1. The molecule has 1 unspecified atom stereocenters. The SMILES string of the molecule is COc1ccc(CCCC(=O)N2CCCC(c3cc(C(F)F)n4ncnc4n3)C2)cc1C. The highest BCUT2D eigenvalue weighted by Crippen LogP contribution is 2.29. The number of ether oxygens (including phenoxy) is 1. The molecule has 170 valence electrons. The molecule has 0 N–H and O–H groups in total. The number of likely N-dealkylation sites (tertiary alicyclic amines) is 1. The van der Waals surface area contributed by atoms with E-state index in [9.17, 15) is 13.6 Å². The van der Waals surface area contributed by atoms with E-state index in [4.69, 9.17) is 4.74 Å². The number of aryl methyl sites for hydroxylation is 2. The highest BCUT2D eigenvalue weighted by atomic mass is 19.3. The van der Waals surface area contributed by atoms with Gasteiger partial charge in [-0.05, 0) is 55.9 Å². The Morgan fingerprint density at radius 3 is 2.91 bits per heavy atom. The maximum Gasteiger partial charge on any atom is 0.280 e. The second-order valence-corrected chi connectivity index (χ2v) is 8.21. The van der Waals surface area contributed by atoms with E-state index < -0.39 is 6.43 Å². The third-order valence-electron chi connectivity index (χ3n) is 6.03. The predicted octanol–water partition coefficient (Wildman–Crippen LogP) is 4.11. The van der Waals surface area contributed by atoms with E-state index in [-0.39, 0.29) is 23.3 Å². The Kier molecular flexibility index (Phi) is 6.62. The Balaban J connectivity index is 1.38. The van der Waals surface area contributed by atoms with Crippen LogP contribution in [-0.2, 0) is 11.2 Å². The van der Waals surface area contributed by atoms with Crippen LogP contribution in [0.1, 0.15) is 60.5 Å². The van der Waals surface area contributed by atoms with Crippen molar-refractivity contribution in [2.24, 2.45) is 0 Å². The van der Waals surface area contributed by atoms with Crippen LogP contribution in [-0.4, -0.2) is 50.6 Å². The van der Waals surface area contributed by atoms with Crippen LogP contribution in [0.5, 0.6) is 5.75 Å². The minimum absolute atomic E-state index is 0.0869. The molecule has 1 amide bonds. The number of hydrogen-bond acceptors (Lipinski definition) is 5. The summed E-state index contributed by atoms with van der Waals surface area (Å²) < 4.78 is 33.3. The van der Waals surface area contributed by atoms with Crippen LogP contribution in [0, 0.1) is 6.92 Å². The van der Waals surface area contributed by atoms with Crippen molar-refractivity contribution in [1.82, 2.24) is 24.5 Å². The standard InChI is InChI=1S/C23H27F2N5O2/c1-15-11-16(8-9-20(15)32-2)5-3-7-21(31)29-10-4-6-17(13-29)18-12-19(22(24)25)30-23(28-18)26-14-27-30/h8-9,11-12,14,17,22H,3-7,10,13H2,1-2H3. The first-order valence-corrected chi connectivity index (χ1v) is 10.9. The van der Waals surface area contributed by atoms with Gasteiger partial charge in [0.05, 0.1) is 12.8 Å². The summed E-state index contributed by atoms with van der Waals surface area (Å²) in [7, 11) is 1.65. The van der Waals surface area contributed by atoms with Gasteiger partial charge in [-0.1, -0.05) is 12.1 Å². The minimum atomic E-state index is -2.68. The van der Waals surface area contributed by atoms with Gasteiger partial charge in [0.15, 0.2) is 0 Å². The molecule has 3 aromatic rings. The monoisotopic (exact) mass is 443 g/mol. The highest BCUT2D eigenvalue weighted by Gasteiger charge is 2.27. The van der Waals surface area contributed by atoms with Gasteiger partial charge in [-0.25, -0.2) is 13.8 Å². The fourth-order valence-corrected chi connectivity index (χ4v) is 4.36. The van der Waals surface area contributed by atoms with E-state index in [0.29, 0.717) is 25.2 Å². The molecule has 0 radical (unpaired) electrons. The number of aromatic nitrogens is 4. The van der Waals surface area contributed by atoms with Crippen LogP contribution in [0.25, 0.3) is 5.78 Å². The lowest BCUT2D eigenvalue weighted by molar-refractivity contribution is -0.132. The molecule has 9 heteroatoms. The molecular weight excluding hydrogens is 416 g/mol. The minimum Gasteiger partial charge on any atom is -0.496 e. The maximum absolute atomic E-state index is 13.5. The summed E-state index contributed by atoms with van der Waals surface area (Å²) in [6, 6.07) is 7.47. The molecule has 0 aliphatic carbocycles. The number of benzene rings is 1. The van der Waals surface area contributed by atoms with Crippen molar-refractivity contribution in [2.45, 2.75) is 51.4 Å². The number of hydrogen-bond donors (Lipinski definition) is 0. The second-order valence-electron chi connectivity index (χ2n) is 8.21. The number of carbonyl (C=O) groups is 1. The van der Waals surface area contributed by atoms with E-state index in [1.807, 2.05) is 24.0 Å². The van der Waals surface area contributed by atoms with E-state index in [0.717, 1.165) is 41.5 Å². The van der Waals surface area contributed by atoms with E-state index in [1.54, 1.807) is 7.11 Å². The fourth-order valence-electron chi connectivity index (χ4n) is 4.36. The predicted molar refractivity (Wildman–Crippen MR) is 115 cm³/mol. The number of fused-ring (bicyclic) bond motifs is 1. The molecule has 7 nitrogen and oxygen atoms in total. The van der Waals surface area contributed by atoms with Crippen molar-refractivity contribution >= 4 is 11.7 Å². The van der Waals surface area contributed by atoms with Gasteiger partial charge in [-0.2, -0.15) is 14.6 Å². The Hall–Kier alpha value is -3.10. The number of methoxy groups -OCH3 is 1. The molecule has 4 rings (SSSR count). The van der Waals surface area contributed by atoms with E-state index in [1.165, 1.54) is 18.0 Å². The quantitative estimate of drug-likeness (QED) is 0.550. The first kappa shape index (κ1) is 22.1. The summed E-state index contributed by atoms with van der Waals surface area (Å²) in [6.07, 6.45) is 2.19. The number of halogens is 2. The van der Waals surface area contributed by atoms with Gasteiger partial charge < -0.3 is 9.64 Å². The van der Waals surface area contributed by atoms with Gasteiger partial charge in [-0.3, -0.25) is 4.79 Å². The third-order valence-corrected chi connectivity index (χ3v) is 6.03. The van der Waals surface area contributed by atoms with Crippen molar-refractivity contribution in [3.05, 3.63) is 53.1 Å². The molecule has 2 aromatic heterocycles. The number of nitrogens with zero attached hydrogens (tertiary/aromatic N) is 5. The Labute approximate surface area is 185 Å². The molecule has 0 spiro atoms. The summed E-state index contributed by atoms with van der Waals surface area (Å²) in [5.41, 5.74) is 2.58. The van der Waals surface area contributed by atoms with Crippen molar-refractivity contribution in [2.75, 3.05) is 20.2 Å². The molecule has 1 atom stereocenters. The summed E-state index contributed by atoms with van der Waals surface area (Å²) >= 11 is 0. The summed E-state index contributed by atoms with van der Waals surface area (Å²) in [5.74, 6) is 1.03. The zero-order valence-electron chi connectivity index (χ0n) is 18.3. The second kappa shape index (κ2) is 9.58. The number of amides is 1. The lowest BCUT2D eigenvalue weighted by Gasteiger charge is -2.32. The summed E-state index contributed by atoms with van der Waals surface area (Å²) in [4.78, 5) is 23.1. The molecule has 1 aliphatic rings. The maximum atomic E-state index is 13.5. The molecule has 1 fully saturated rings. The molecule has 3 heterocycles. The Morgan fingerprint density at radius 1 is 1.31 bits per heavy atom. The molecule has 1 aliphatic heterocycles. The number of rotatable bonds is 7. The fraction of sp³-hybridized carbons (Fsp3) is 0.478. The highest BCUT2D eigenvalue weighted by molar-refractivity contribution is 5.76. The van der Waals surface area contributed by atoms with Crippen LogP contribution >= 0.6 is 0 Å². The van der Waals surface area contributed by atoms with Gasteiger partial charge in [0.2, 0.25) is 5.91 Å². The van der Waals surface area contributed by atoms with Gasteiger partial charge in [-0.15, -0.1) is 0 Å². The van der Waals surface area contributed by atoms with Crippen LogP contribution < -0.4 is 4.74 Å². The van der Waals surface area contributed by atoms with Gasteiger partial charge >= 0.3 is 0 Å². The topological polar surface area (TPSA) is 72.6 Å². The van der Waals surface area contributed by atoms with Crippen molar-refractivity contribution in [1.29, 1.82) is 0 Å². The molecular formula is C23H27F2N5O2. The first-order chi connectivity index (χ1) is 15.5.